The zero-order valence-electron chi connectivity index (χ0n) is 31.8. The van der Waals surface area contributed by atoms with E-state index in [2.05, 4.69) is 223 Å². The third-order valence-electron chi connectivity index (χ3n) is 11.6. The first-order valence-electron chi connectivity index (χ1n) is 19.7. The molecule has 0 bridgehead atoms. The summed E-state index contributed by atoms with van der Waals surface area (Å²) in [6.07, 6.45) is 0. The van der Waals surface area contributed by atoms with Gasteiger partial charge in [-0.1, -0.05) is 182 Å². The van der Waals surface area contributed by atoms with Crippen molar-refractivity contribution in [3.63, 3.8) is 0 Å². The Kier molecular flexibility index (Phi) is 8.82. The van der Waals surface area contributed by atoms with Crippen LogP contribution in [-0.4, -0.2) is 4.57 Å². The molecule has 1 aromatic heterocycles. The lowest BCUT2D eigenvalue weighted by atomic mass is 9.65. The largest absolute Gasteiger partial charge is 0.309 e. The Morgan fingerprint density at radius 3 is 1.19 bits per heavy atom. The minimum absolute atomic E-state index is 0.607. The minimum Gasteiger partial charge on any atom is -0.309 e. The van der Waals surface area contributed by atoms with Crippen LogP contribution in [0.1, 0.15) is 27.8 Å². The van der Waals surface area contributed by atoms with Crippen LogP contribution in [0.5, 0.6) is 0 Å². The molecule has 0 radical (unpaired) electrons. The third-order valence-corrected chi connectivity index (χ3v) is 11.6. The fourth-order valence-corrected chi connectivity index (χ4v) is 8.84. The summed E-state index contributed by atoms with van der Waals surface area (Å²) in [4.78, 5) is 0. The highest BCUT2D eigenvalue weighted by molar-refractivity contribution is 6.11. The van der Waals surface area contributed by atoms with Gasteiger partial charge in [0, 0.05) is 16.5 Å². The first-order chi connectivity index (χ1) is 28.7. The lowest BCUT2D eigenvalue weighted by Crippen LogP contribution is -2.31. The fourth-order valence-electron chi connectivity index (χ4n) is 8.84. The van der Waals surface area contributed by atoms with Gasteiger partial charge in [-0.3, -0.25) is 0 Å². The normalized spacial score (nSPS) is 11.4. The van der Waals surface area contributed by atoms with E-state index in [1.807, 2.05) is 18.2 Å². The van der Waals surface area contributed by atoms with Crippen molar-refractivity contribution in [2.75, 3.05) is 0 Å². The van der Waals surface area contributed by atoms with Gasteiger partial charge in [-0.2, -0.15) is 5.26 Å². The standard InChI is InChI=1S/C56H38N2/c57-39-40-14-13-19-44(36-40)43-24-28-49(29-25-43)56(47-20-9-3-10-21-47,48-22-11-4-12-23-48)50-30-32-51(33-31-50)58-54-34-26-45(41-15-5-1-6-16-41)37-52(54)53-38-46(27-35-55(53)58)42-17-7-2-8-18-42/h1-38H. The summed E-state index contributed by atoms with van der Waals surface area (Å²) >= 11 is 0. The maximum absolute atomic E-state index is 9.58. The topological polar surface area (TPSA) is 28.7 Å². The molecular weight excluding hydrogens is 701 g/mol. The average molecular weight is 739 g/mol. The molecule has 58 heavy (non-hydrogen) atoms. The Morgan fingerprint density at radius 1 is 0.328 bits per heavy atom. The summed E-state index contributed by atoms with van der Waals surface area (Å²) < 4.78 is 2.41. The Bertz CT molecular complexity index is 2930. The monoisotopic (exact) mass is 738 g/mol. The van der Waals surface area contributed by atoms with Crippen LogP contribution in [0.15, 0.2) is 231 Å². The van der Waals surface area contributed by atoms with E-state index < -0.39 is 5.41 Å². The van der Waals surface area contributed by atoms with Crippen molar-refractivity contribution in [2.45, 2.75) is 5.41 Å². The Balaban J connectivity index is 1.16. The lowest BCUT2D eigenvalue weighted by Gasteiger charge is -2.37. The highest BCUT2D eigenvalue weighted by Crippen LogP contribution is 2.46. The average Bonchev–Trinajstić information content (AvgIpc) is 3.64. The molecule has 0 fully saturated rings. The van der Waals surface area contributed by atoms with E-state index in [0.717, 1.165) is 22.4 Å². The molecule has 0 aliphatic heterocycles. The molecule has 0 spiro atoms. The molecule has 9 aromatic carbocycles. The SMILES string of the molecule is N#Cc1cccc(-c2ccc(C(c3ccccc3)(c3ccccc3)c3ccc(-n4c5ccc(-c6ccccc6)cc5c5cc(-c6ccccc6)ccc54)cc3)cc2)c1. The van der Waals surface area contributed by atoms with E-state index >= 15 is 0 Å². The molecule has 1 heterocycles. The number of nitriles is 1. The number of benzene rings is 9. The smallest absolute Gasteiger partial charge is 0.0991 e. The summed E-state index contributed by atoms with van der Waals surface area (Å²) in [5, 5.41) is 12.0. The summed E-state index contributed by atoms with van der Waals surface area (Å²) in [5.41, 5.74) is 15.1. The van der Waals surface area contributed by atoms with Gasteiger partial charge < -0.3 is 4.57 Å². The van der Waals surface area contributed by atoms with Crippen LogP contribution < -0.4 is 0 Å². The van der Waals surface area contributed by atoms with Crippen LogP contribution in [-0.2, 0) is 5.41 Å². The van der Waals surface area contributed by atoms with E-state index in [0.29, 0.717) is 5.56 Å². The van der Waals surface area contributed by atoms with Gasteiger partial charge >= 0.3 is 0 Å². The van der Waals surface area contributed by atoms with Crippen LogP contribution >= 0.6 is 0 Å². The first kappa shape index (κ1) is 34.7. The summed E-state index contributed by atoms with van der Waals surface area (Å²) in [7, 11) is 0. The second kappa shape index (κ2) is 14.7. The predicted molar refractivity (Wildman–Crippen MR) is 240 cm³/mol. The van der Waals surface area contributed by atoms with Crippen molar-refractivity contribution in [3.8, 4) is 45.1 Å². The van der Waals surface area contributed by atoms with Gasteiger partial charge in [0.1, 0.15) is 0 Å². The molecule has 10 aromatic rings. The molecular formula is C56H38N2. The molecule has 0 saturated carbocycles. The zero-order chi connectivity index (χ0) is 38.9. The molecule has 10 rings (SSSR count). The second-order valence-corrected chi connectivity index (χ2v) is 14.8. The van der Waals surface area contributed by atoms with Crippen LogP contribution in [0.4, 0.5) is 0 Å². The Labute approximate surface area is 339 Å². The molecule has 2 nitrogen and oxygen atoms in total. The maximum atomic E-state index is 9.58. The molecule has 272 valence electrons. The maximum Gasteiger partial charge on any atom is 0.0991 e. The van der Waals surface area contributed by atoms with E-state index in [1.54, 1.807) is 0 Å². The fraction of sp³-hybridized carbons (Fsp3) is 0.0179. The highest BCUT2D eigenvalue weighted by atomic mass is 15.0. The van der Waals surface area contributed by atoms with Gasteiger partial charge in [0.25, 0.3) is 0 Å². The molecule has 0 amide bonds. The van der Waals surface area contributed by atoms with Crippen molar-refractivity contribution in [2.24, 2.45) is 0 Å². The van der Waals surface area contributed by atoms with Gasteiger partial charge in [0.15, 0.2) is 0 Å². The van der Waals surface area contributed by atoms with Crippen LogP contribution in [0.3, 0.4) is 0 Å². The highest BCUT2D eigenvalue weighted by Gasteiger charge is 2.38. The van der Waals surface area contributed by atoms with Crippen molar-refractivity contribution < 1.29 is 0 Å². The molecule has 0 saturated heterocycles. The first-order valence-corrected chi connectivity index (χ1v) is 19.7. The quantitative estimate of drug-likeness (QED) is 0.143. The van der Waals surface area contributed by atoms with Crippen molar-refractivity contribution in [1.82, 2.24) is 4.57 Å². The minimum atomic E-state index is -0.607. The molecule has 0 unspecified atom stereocenters. The van der Waals surface area contributed by atoms with Gasteiger partial charge in [-0.15, -0.1) is 0 Å². The van der Waals surface area contributed by atoms with Gasteiger partial charge in [0.2, 0.25) is 0 Å². The van der Waals surface area contributed by atoms with Crippen molar-refractivity contribution in [1.29, 1.82) is 5.26 Å². The summed E-state index contributed by atoms with van der Waals surface area (Å²) in [5.74, 6) is 0. The van der Waals surface area contributed by atoms with Gasteiger partial charge in [-0.25, -0.2) is 0 Å². The van der Waals surface area contributed by atoms with E-state index in [4.69, 9.17) is 0 Å². The number of hydrogen-bond donors (Lipinski definition) is 0. The molecule has 0 atom stereocenters. The van der Waals surface area contributed by atoms with E-state index in [1.165, 1.54) is 60.8 Å². The van der Waals surface area contributed by atoms with E-state index in [-0.39, 0.29) is 0 Å². The van der Waals surface area contributed by atoms with Crippen LogP contribution in [0.2, 0.25) is 0 Å². The van der Waals surface area contributed by atoms with Crippen molar-refractivity contribution >= 4 is 21.8 Å². The summed E-state index contributed by atoms with van der Waals surface area (Å²) in [6.45, 7) is 0. The van der Waals surface area contributed by atoms with Crippen LogP contribution in [0, 0.1) is 11.3 Å². The third kappa shape index (κ3) is 5.98. The number of fused-ring (bicyclic) bond motifs is 3. The van der Waals surface area contributed by atoms with Crippen LogP contribution in [0.25, 0.3) is 60.9 Å². The lowest BCUT2D eigenvalue weighted by molar-refractivity contribution is 0.745. The van der Waals surface area contributed by atoms with Gasteiger partial charge in [0.05, 0.1) is 28.1 Å². The molecule has 0 aliphatic carbocycles. The summed E-state index contributed by atoms with van der Waals surface area (Å²) in [6, 6.07) is 84.9. The molecule has 2 heteroatoms. The Hall–Kier alpha value is -7.73. The number of nitrogens with zero attached hydrogens (tertiary/aromatic N) is 2. The molecule has 0 aliphatic rings. The second-order valence-electron chi connectivity index (χ2n) is 14.8. The van der Waals surface area contributed by atoms with Crippen molar-refractivity contribution in [3.05, 3.63) is 258 Å². The number of rotatable bonds is 8. The number of aromatic nitrogens is 1. The Morgan fingerprint density at radius 2 is 0.707 bits per heavy atom. The van der Waals surface area contributed by atoms with Gasteiger partial charge in [-0.05, 0) is 104 Å². The zero-order valence-corrected chi connectivity index (χ0v) is 31.8. The predicted octanol–water partition coefficient (Wildman–Crippen LogP) is 14.0. The number of hydrogen-bond acceptors (Lipinski definition) is 1. The van der Waals surface area contributed by atoms with E-state index in [9.17, 15) is 5.26 Å². The molecule has 0 N–H and O–H groups in total.